The molecule has 1 spiro atoms. The molecule has 1 aliphatic carbocycles. The summed E-state index contributed by atoms with van der Waals surface area (Å²) in [5, 5.41) is 0. The number of ether oxygens (including phenoxy) is 2. The van der Waals surface area contributed by atoms with E-state index in [-0.39, 0.29) is 5.79 Å². The Hall–Kier alpha value is -0.120. The van der Waals surface area contributed by atoms with E-state index in [2.05, 4.69) is 18.7 Å². The standard InChI is InChI=1S/C13H23NO2/c1-12(2)9-14(10-12)11-3-5-13(6-4-11)15-7-8-16-13/h11H,3-10H2,1-2H3. The first-order chi connectivity index (χ1) is 7.59. The van der Waals surface area contributed by atoms with E-state index in [4.69, 9.17) is 9.47 Å². The zero-order valence-electron chi connectivity index (χ0n) is 10.5. The van der Waals surface area contributed by atoms with Crippen molar-refractivity contribution in [3.8, 4) is 0 Å². The van der Waals surface area contributed by atoms with Crippen LogP contribution in [0.5, 0.6) is 0 Å². The summed E-state index contributed by atoms with van der Waals surface area (Å²) in [6, 6.07) is 0.784. The van der Waals surface area contributed by atoms with Gasteiger partial charge in [0.25, 0.3) is 0 Å². The maximum absolute atomic E-state index is 5.76. The molecule has 2 saturated heterocycles. The van der Waals surface area contributed by atoms with Crippen LogP contribution in [0.25, 0.3) is 0 Å². The molecule has 0 unspecified atom stereocenters. The molecule has 0 bridgehead atoms. The van der Waals surface area contributed by atoms with E-state index >= 15 is 0 Å². The Morgan fingerprint density at radius 2 is 1.56 bits per heavy atom. The molecule has 2 heterocycles. The minimum atomic E-state index is -0.184. The highest BCUT2D eigenvalue weighted by atomic mass is 16.7. The van der Waals surface area contributed by atoms with Crippen LogP contribution >= 0.6 is 0 Å². The lowest BCUT2D eigenvalue weighted by Crippen LogP contribution is -2.58. The molecule has 3 heteroatoms. The summed E-state index contributed by atoms with van der Waals surface area (Å²) in [6.45, 7) is 8.84. The quantitative estimate of drug-likeness (QED) is 0.681. The molecule has 0 amide bonds. The summed E-state index contributed by atoms with van der Waals surface area (Å²) in [6.07, 6.45) is 4.68. The molecule has 16 heavy (non-hydrogen) atoms. The van der Waals surface area contributed by atoms with Crippen molar-refractivity contribution in [2.75, 3.05) is 26.3 Å². The molecule has 3 rings (SSSR count). The summed E-state index contributed by atoms with van der Waals surface area (Å²) in [5.74, 6) is -0.184. The van der Waals surface area contributed by atoms with Gasteiger partial charge in [-0.3, -0.25) is 4.90 Å². The van der Waals surface area contributed by atoms with Crippen LogP contribution in [0.3, 0.4) is 0 Å². The van der Waals surface area contributed by atoms with Crippen LogP contribution in [0, 0.1) is 5.41 Å². The fourth-order valence-corrected chi connectivity index (χ4v) is 3.50. The van der Waals surface area contributed by atoms with Crippen molar-refractivity contribution < 1.29 is 9.47 Å². The normalized spacial score (nSPS) is 34.1. The molecule has 0 aromatic rings. The zero-order valence-corrected chi connectivity index (χ0v) is 10.5. The maximum atomic E-state index is 5.76. The Morgan fingerprint density at radius 3 is 2.06 bits per heavy atom. The summed E-state index contributed by atoms with van der Waals surface area (Å²) in [4.78, 5) is 2.64. The molecule has 3 fully saturated rings. The number of nitrogens with zero attached hydrogens (tertiary/aromatic N) is 1. The molecule has 0 N–H and O–H groups in total. The van der Waals surface area contributed by atoms with Gasteiger partial charge in [-0.2, -0.15) is 0 Å². The van der Waals surface area contributed by atoms with Gasteiger partial charge in [0, 0.05) is 32.0 Å². The maximum Gasteiger partial charge on any atom is 0.168 e. The number of rotatable bonds is 1. The van der Waals surface area contributed by atoms with Crippen LogP contribution < -0.4 is 0 Å². The van der Waals surface area contributed by atoms with Crippen molar-refractivity contribution >= 4 is 0 Å². The van der Waals surface area contributed by atoms with Gasteiger partial charge in [0.2, 0.25) is 0 Å². The lowest BCUT2D eigenvalue weighted by Gasteiger charge is -2.52. The summed E-state index contributed by atoms with van der Waals surface area (Å²) >= 11 is 0. The predicted molar refractivity (Wildman–Crippen MR) is 62.2 cm³/mol. The van der Waals surface area contributed by atoms with E-state index in [0.717, 1.165) is 32.1 Å². The van der Waals surface area contributed by atoms with Gasteiger partial charge >= 0.3 is 0 Å². The second kappa shape index (κ2) is 3.69. The summed E-state index contributed by atoms with van der Waals surface area (Å²) in [5.41, 5.74) is 0.551. The first-order valence-corrected chi connectivity index (χ1v) is 6.61. The van der Waals surface area contributed by atoms with Gasteiger partial charge in [0.05, 0.1) is 13.2 Å². The van der Waals surface area contributed by atoms with Crippen LogP contribution in [0.2, 0.25) is 0 Å². The minimum absolute atomic E-state index is 0.184. The Morgan fingerprint density at radius 1 is 1.00 bits per heavy atom. The Labute approximate surface area is 98.1 Å². The van der Waals surface area contributed by atoms with E-state index in [1.54, 1.807) is 0 Å². The second-order valence-corrected chi connectivity index (χ2v) is 6.41. The highest BCUT2D eigenvalue weighted by molar-refractivity contribution is 4.95. The molecular formula is C13H23NO2. The average molecular weight is 225 g/mol. The van der Waals surface area contributed by atoms with Gasteiger partial charge in [-0.15, -0.1) is 0 Å². The third-order valence-corrected chi connectivity index (χ3v) is 4.31. The van der Waals surface area contributed by atoms with Gasteiger partial charge in [0.1, 0.15) is 0 Å². The highest BCUT2D eigenvalue weighted by Crippen LogP contribution is 2.40. The van der Waals surface area contributed by atoms with Crippen molar-refractivity contribution in [2.45, 2.75) is 51.4 Å². The zero-order chi connectivity index (χ0) is 11.2. The Balaban J connectivity index is 1.51. The van der Waals surface area contributed by atoms with Gasteiger partial charge < -0.3 is 9.47 Å². The van der Waals surface area contributed by atoms with Crippen LogP contribution in [-0.4, -0.2) is 43.0 Å². The first kappa shape index (κ1) is 11.0. The van der Waals surface area contributed by atoms with Gasteiger partial charge in [-0.1, -0.05) is 13.8 Å². The molecule has 0 radical (unpaired) electrons. The molecule has 3 nitrogen and oxygen atoms in total. The molecule has 92 valence electrons. The molecule has 1 saturated carbocycles. The molecule has 0 aromatic carbocycles. The third-order valence-electron chi connectivity index (χ3n) is 4.31. The number of hydrogen-bond donors (Lipinski definition) is 0. The predicted octanol–water partition coefficient (Wildman–Crippen LogP) is 2.01. The lowest BCUT2D eigenvalue weighted by molar-refractivity contribution is -0.188. The number of likely N-dealkylation sites (tertiary alicyclic amines) is 1. The van der Waals surface area contributed by atoms with Crippen LogP contribution in [0.15, 0.2) is 0 Å². The minimum Gasteiger partial charge on any atom is -0.348 e. The monoisotopic (exact) mass is 225 g/mol. The van der Waals surface area contributed by atoms with Gasteiger partial charge in [-0.25, -0.2) is 0 Å². The summed E-state index contributed by atoms with van der Waals surface area (Å²) in [7, 11) is 0. The van der Waals surface area contributed by atoms with Gasteiger partial charge in [0.15, 0.2) is 5.79 Å². The largest absolute Gasteiger partial charge is 0.348 e. The lowest BCUT2D eigenvalue weighted by atomic mass is 9.79. The van der Waals surface area contributed by atoms with Crippen molar-refractivity contribution in [3.63, 3.8) is 0 Å². The van der Waals surface area contributed by atoms with E-state index in [0.29, 0.717) is 5.41 Å². The molecule has 3 aliphatic rings. The van der Waals surface area contributed by atoms with Crippen molar-refractivity contribution in [3.05, 3.63) is 0 Å². The van der Waals surface area contributed by atoms with Crippen LogP contribution in [0.4, 0.5) is 0 Å². The average Bonchev–Trinajstić information content (AvgIpc) is 2.64. The van der Waals surface area contributed by atoms with E-state index < -0.39 is 0 Å². The van der Waals surface area contributed by atoms with E-state index in [1.807, 2.05) is 0 Å². The topological polar surface area (TPSA) is 21.7 Å². The van der Waals surface area contributed by atoms with Crippen LogP contribution in [0.1, 0.15) is 39.5 Å². The van der Waals surface area contributed by atoms with Crippen molar-refractivity contribution in [1.82, 2.24) is 4.90 Å². The first-order valence-electron chi connectivity index (χ1n) is 6.61. The number of hydrogen-bond acceptors (Lipinski definition) is 3. The Bertz CT molecular complexity index is 253. The smallest absolute Gasteiger partial charge is 0.168 e. The van der Waals surface area contributed by atoms with Gasteiger partial charge in [-0.05, 0) is 18.3 Å². The fraction of sp³-hybridized carbons (Fsp3) is 1.00. The molecule has 2 aliphatic heterocycles. The molecule has 0 atom stereocenters. The van der Waals surface area contributed by atoms with E-state index in [1.165, 1.54) is 25.9 Å². The highest BCUT2D eigenvalue weighted by Gasteiger charge is 2.45. The van der Waals surface area contributed by atoms with Crippen LogP contribution in [-0.2, 0) is 9.47 Å². The second-order valence-electron chi connectivity index (χ2n) is 6.41. The SMILES string of the molecule is CC1(C)CN(C2CCC3(CC2)OCCO3)C1. The third kappa shape index (κ3) is 1.89. The van der Waals surface area contributed by atoms with Crippen molar-refractivity contribution in [2.24, 2.45) is 5.41 Å². The van der Waals surface area contributed by atoms with Crippen molar-refractivity contribution in [1.29, 1.82) is 0 Å². The Kier molecular flexibility index (Phi) is 2.54. The summed E-state index contributed by atoms with van der Waals surface area (Å²) < 4.78 is 11.5. The fourth-order valence-electron chi connectivity index (χ4n) is 3.50. The molecule has 0 aromatic heterocycles. The molecular weight excluding hydrogens is 202 g/mol. The van der Waals surface area contributed by atoms with E-state index in [9.17, 15) is 0 Å².